The SMILES string of the molecule is COc1ccccc1/C=C/C(=O)N1CCN(C2CC2)C(C#N)C1. The first kappa shape index (κ1) is 15.6. The zero-order valence-electron chi connectivity index (χ0n) is 13.3. The number of ether oxygens (including phenoxy) is 1. The highest BCUT2D eigenvalue weighted by Crippen LogP contribution is 2.30. The number of piperazine rings is 1. The average molecular weight is 311 g/mol. The molecule has 0 spiro atoms. The number of hydrogen-bond acceptors (Lipinski definition) is 4. The molecule has 2 aliphatic rings. The number of para-hydroxylation sites is 1. The van der Waals surface area contributed by atoms with E-state index >= 15 is 0 Å². The Bertz CT molecular complexity index is 646. The third-order valence-corrected chi connectivity index (χ3v) is 4.44. The summed E-state index contributed by atoms with van der Waals surface area (Å²) in [7, 11) is 1.61. The summed E-state index contributed by atoms with van der Waals surface area (Å²) in [5.74, 6) is 0.691. The number of hydrogen-bond donors (Lipinski definition) is 0. The van der Waals surface area contributed by atoms with E-state index in [0.29, 0.717) is 19.1 Å². The summed E-state index contributed by atoms with van der Waals surface area (Å²) < 4.78 is 5.28. The molecule has 3 rings (SSSR count). The van der Waals surface area contributed by atoms with Crippen LogP contribution in [-0.4, -0.2) is 54.5 Å². The van der Waals surface area contributed by atoms with Crippen molar-refractivity contribution >= 4 is 12.0 Å². The van der Waals surface area contributed by atoms with Crippen LogP contribution >= 0.6 is 0 Å². The van der Waals surface area contributed by atoms with Gasteiger partial charge in [-0.05, 0) is 25.0 Å². The molecule has 1 saturated heterocycles. The van der Waals surface area contributed by atoms with Crippen LogP contribution in [0, 0.1) is 11.3 Å². The van der Waals surface area contributed by atoms with E-state index in [0.717, 1.165) is 17.9 Å². The van der Waals surface area contributed by atoms with Crippen molar-refractivity contribution in [1.29, 1.82) is 5.26 Å². The molecule has 0 bridgehead atoms. The molecular formula is C18H21N3O2. The highest BCUT2D eigenvalue weighted by Gasteiger charge is 2.38. The van der Waals surface area contributed by atoms with Crippen molar-refractivity contribution in [1.82, 2.24) is 9.80 Å². The van der Waals surface area contributed by atoms with E-state index < -0.39 is 0 Å². The molecule has 1 heterocycles. The van der Waals surface area contributed by atoms with Crippen molar-refractivity contribution in [2.75, 3.05) is 26.7 Å². The fraction of sp³-hybridized carbons (Fsp3) is 0.444. The van der Waals surface area contributed by atoms with Gasteiger partial charge in [-0.3, -0.25) is 9.69 Å². The summed E-state index contributed by atoms with van der Waals surface area (Å²) in [6, 6.07) is 10.3. The average Bonchev–Trinajstić information content (AvgIpc) is 3.44. The molecule has 2 fully saturated rings. The Morgan fingerprint density at radius 3 is 2.83 bits per heavy atom. The van der Waals surface area contributed by atoms with Crippen LogP contribution in [0.2, 0.25) is 0 Å². The summed E-state index contributed by atoms with van der Waals surface area (Å²) in [6.45, 7) is 1.96. The molecule has 5 heteroatoms. The quantitative estimate of drug-likeness (QED) is 0.797. The van der Waals surface area contributed by atoms with E-state index in [1.165, 1.54) is 12.8 Å². The molecule has 1 aromatic rings. The molecule has 120 valence electrons. The Balaban J connectivity index is 1.64. The summed E-state index contributed by atoms with van der Waals surface area (Å²) >= 11 is 0. The molecule has 0 radical (unpaired) electrons. The molecule has 1 aliphatic carbocycles. The number of amides is 1. The molecule has 0 N–H and O–H groups in total. The lowest BCUT2D eigenvalue weighted by molar-refractivity contribution is -0.128. The van der Waals surface area contributed by atoms with Gasteiger partial charge >= 0.3 is 0 Å². The normalized spacial score (nSPS) is 22.1. The fourth-order valence-electron chi connectivity index (χ4n) is 3.03. The van der Waals surface area contributed by atoms with Crippen LogP contribution in [0.5, 0.6) is 5.75 Å². The first-order valence-electron chi connectivity index (χ1n) is 7.98. The Morgan fingerprint density at radius 1 is 1.35 bits per heavy atom. The van der Waals surface area contributed by atoms with Gasteiger partial charge in [-0.2, -0.15) is 5.26 Å². The molecule has 1 aromatic carbocycles. The molecule has 1 saturated carbocycles. The van der Waals surface area contributed by atoms with Gasteiger partial charge in [0.15, 0.2) is 0 Å². The van der Waals surface area contributed by atoms with Gasteiger partial charge < -0.3 is 9.64 Å². The number of rotatable bonds is 4. The van der Waals surface area contributed by atoms with E-state index in [2.05, 4.69) is 11.0 Å². The van der Waals surface area contributed by atoms with Gasteiger partial charge in [-0.15, -0.1) is 0 Å². The zero-order chi connectivity index (χ0) is 16.2. The van der Waals surface area contributed by atoms with Crippen LogP contribution in [0.1, 0.15) is 18.4 Å². The first-order valence-corrected chi connectivity index (χ1v) is 7.98. The standard InChI is InChI=1S/C18H21N3O2/c1-23-17-5-3-2-4-14(17)6-9-18(22)20-10-11-21(15-7-8-15)16(12-19)13-20/h2-6,9,15-16H,7-8,10-11,13H2,1H3/b9-6+. The van der Waals surface area contributed by atoms with Crippen molar-refractivity contribution < 1.29 is 9.53 Å². The molecule has 1 atom stereocenters. The third-order valence-electron chi connectivity index (χ3n) is 4.44. The smallest absolute Gasteiger partial charge is 0.246 e. The lowest BCUT2D eigenvalue weighted by atomic mass is 10.1. The van der Waals surface area contributed by atoms with Crippen LogP contribution in [0.4, 0.5) is 0 Å². The molecule has 5 nitrogen and oxygen atoms in total. The van der Waals surface area contributed by atoms with Crippen LogP contribution in [0.3, 0.4) is 0 Å². The van der Waals surface area contributed by atoms with Crippen molar-refractivity contribution in [3.8, 4) is 11.8 Å². The Hall–Kier alpha value is -2.32. The topological polar surface area (TPSA) is 56.6 Å². The minimum Gasteiger partial charge on any atom is -0.496 e. The highest BCUT2D eigenvalue weighted by molar-refractivity contribution is 5.92. The summed E-state index contributed by atoms with van der Waals surface area (Å²) in [6.07, 6.45) is 5.70. The first-order chi connectivity index (χ1) is 11.2. The third kappa shape index (κ3) is 3.54. The van der Waals surface area contributed by atoms with Crippen LogP contribution < -0.4 is 4.74 Å². The number of carbonyl (C=O) groups is 1. The Labute approximate surface area is 136 Å². The van der Waals surface area contributed by atoms with Crippen molar-refractivity contribution in [2.45, 2.75) is 24.9 Å². The molecule has 1 aliphatic heterocycles. The van der Waals surface area contributed by atoms with E-state index in [1.807, 2.05) is 24.3 Å². The van der Waals surface area contributed by atoms with Crippen molar-refractivity contribution in [3.05, 3.63) is 35.9 Å². The van der Waals surface area contributed by atoms with Gasteiger partial charge in [0, 0.05) is 37.3 Å². The minimum atomic E-state index is -0.181. The zero-order valence-corrected chi connectivity index (χ0v) is 13.3. The maximum atomic E-state index is 12.4. The van der Waals surface area contributed by atoms with Gasteiger partial charge in [-0.25, -0.2) is 0 Å². The number of methoxy groups -OCH3 is 1. The van der Waals surface area contributed by atoms with Gasteiger partial charge in [0.2, 0.25) is 5.91 Å². The molecule has 1 amide bonds. The molecule has 0 aromatic heterocycles. The number of nitriles is 1. The second-order valence-corrected chi connectivity index (χ2v) is 5.97. The lowest BCUT2D eigenvalue weighted by Gasteiger charge is -2.38. The second-order valence-electron chi connectivity index (χ2n) is 5.97. The predicted molar refractivity (Wildman–Crippen MR) is 87.7 cm³/mol. The van der Waals surface area contributed by atoms with Crippen LogP contribution in [0.25, 0.3) is 6.08 Å². The van der Waals surface area contributed by atoms with Gasteiger partial charge in [0.25, 0.3) is 0 Å². The van der Waals surface area contributed by atoms with E-state index in [4.69, 9.17) is 4.74 Å². The number of carbonyl (C=O) groups excluding carboxylic acids is 1. The number of nitrogens with zero attached hydrogens (tertiary/aromatic N) is 3. The van der Waals surface area contributed by atoms with Gasteiger partial charge in [-0.1, -0.05) is 18.2 Å². The van der Waals surface area contributed by atoms with Gasteiger partial charge in [0.1, 0.15) is 11.8 Å². The second kappa shape index (κ2) is 6.84. The Kier molecular flexibility index (Phi) is 4.63. The van der Waals surface area contributed by atoms with Crippen molar-refractivity contribution in [3.63, 3.8) is 0 Å². The van der Waals surface area contributed by atoms with Crippen molar-refractivity contribution in [2.24, 2.45) is 0 Å². The van der Waals surface area contributed by atoms with Crippen LogP contribution in [-0.2, 0) is 4.79 Å². The highest BCUT2D eigenvalue weighted by atomic mass is 16.5. The largest absolute Gasteiger partial charge is 0.496 e. The van der Waals surface area contributed by atoms with Gasteiger partial charge in [0.05, 0.1) is 13.2 Å². The van der Waals surface area contributed by atoms with E-state index in [9.17, 15) is 10.1 Å². The fourth-order valence-corrected chi connectivity index (χ4v) is 3.03. The summed E-state index contributed by atoms with van der Waals surface area (Å²) in [4.78, 5) is 16.4. The number of benzene rings is 1. The minimum absolute atomic E-state index is 0.0494. The maximum absolute atomic E-state index is 12.4. The Morgan fingerprint density at radius 2 is 2.13 bits per heavy atom. The molecule has 1 unspecified atom stereocenters. The summed E-state index contributed by atoms with van der Waals surface area (Å²) in [5.41, 5.74) is 0.872. The maximum Gasteiger partial charge on any atom is 0.246 e. The van der Waals surface area contributed by atoms with E-state index in [1.54, 1.807) is 24.2 Å². The summed E-state index contributed by atoms with van der Waals surface area (Å²) in [5, 5.41) is 9.35. The molecular weight excluding hydrogens is 290 g/mol. The predicted octanol–water partition coefficient (Wildman–Crippen LogP) is 1.91. The van der Waals surface area contributed by atoms with Crippen LogP contribution in [0.15, 0.2) is 30.3 Å². The van der Waals surface area contributed by atoms with E-state index in [-0.39, 0.29) is 11.9 Å². The molecule has 23 heavy (non-hydrogen) atoms. The monoisotopic (exact) mass is 311 g/mol. The lowest BCUT2D eigenvalue weighted by Crippen LogP contribution is -2.54.